The number of aromatic nitrogens is 3. The quantitative estimate of drug-likeness (QED) is 0.602. The minimum absolute atomic E-state index is 0.267. The van der Waals surface area contributed by atoms with Crippen LogP contribution in [0.5, 0.6) is 17.2 Å². The lowest BCUT2D eigenvalue weighted by atomic mass is 10.1. The molecule has 30 heavy (non-hydrogen) atoms. The number of hydrogen-bond acceptors (Lipinski definition) is 8. The van der Waals surface area contributed by atoms with Gasteiger partial charge in [-0.2, -0.15) is 0 Å². The lowest BCUT2D eigenvalue weighted by molar-refractivity contribution is 0.0953. The molecule has 0 aliphatic rings. The van der Waals surface area contributed by atoms with Gasteiger partial charge in [-0.25, -0.2) is 9.97 Å². The SMILES string of the molecule is COc1cc(C(=O)NCCc2nc(C)ncc2-c2cc(C)no2)cc(OC)c1OC. The zero-order chi connectivity index (χ0) is 21.7. The summed E-state index contributed by atoms with van der Waals surface area (Å²) in [5, 5.41) is 6.81. The van der Waals surface area contributed by atoms with Crippen molar-refractivity contribution in [2.45, 2.75) is 20.3 Å². The number of aryl methyl sites for hydroxylation is 2. The first-order valence-electron chi connectivity index (χ1n) is 9.31. The zero-order valence-electron chi connectivity index (χ0n) is 17.6. The molecule has 0 spiro atoms. The van der Waals surface area contributed by atoms with E-state index in [1.54, 1.807) is 18.3 Å². The number of carbonyl (C=O) groups is 1. The third-order valence-electron chi connectivity index (χ3n) is 4.46. The van der Waals surface area contributed by atoms with E-state index in [0.717, 1.165) is 17.0 Å². The first-order chi connectivity index (χ1) is 14.5. The summed E-state index contributed by atoms with van der Waals surface area (Å²) in [7, 11) is 4.52. The Morgan fingerprint density at radius 1 is 1.07 bits per heavy atom. The van der Waals surface area contributed by atoms with E-state index in [4.69, 9.17) is 18.7 Å². The number of amides is 1. The highest BCUT2D eigenvalue weighted by Gasteiger charge is 2.17. The molecule has 3 rings (SSSR count). The molecule has 9 nitrogen and oxygen atoms in total. The van der Waals surface area contributed by atoms with Gasteiger partial charge in [-0.15, -0.1) is 0 Å². The molecule has 0 fully saturated rings. The maximum absolute atomic E-state index is 12.7. The Hall–Kier alpha value is -3.62. The van der Waals surface area contributed by atoms with Crippen LogP contribution in [0.3, 0.4) is 0 Å². The second-order valence-corrected chi connectivity index (χ2v) is 6.53. The molecule has 0 aliphatic heterocycles. The predicted molar refractivity (Wildman–Crippen MR) is 109 cm³/mol. The minimum Gasteiger partial charge on any atom is -0.493 e. The van der Waals surface area contributed by atoms with Crippen molar-refractivity contribution in [3.8, 4) is 28.6 Å². The first-order valence-corrected chi connectivity index (χ1v) is 9.31. The van der Waals surface area contributed by atoms with Crippen LogP contribution in [-0.4, -0.2) is 48.9 Å². The van der Waals surface area contributed by atoms with Crippen LogP contribution in [0, 0.1) is 13.8 Å². The minimum atomic E-state index is -0.267. The van der Waals surface area contributed by atoms with Crippen LogP contribution in [0.15, 0.2) is 28.9 Å². The smallest absolute Gasteiger partial charge is 0.251 e. The summed E-state index contributed by atoms with van der Waals surface area (Å²) in [6.07, 6.45) is 2.20. The third kappa shape index (κ3) is 4.51. The van der Waals surface area contributed by atoms with Crippen molar-refractivity contribution in [1.82, 2.24) is 20.4 Å². The average Bonchev–Trinajstić information content (AvgIpc) is 3.18. The van der Waals surface area contributed by atoms with Crippen molar-refractivity contribution in [3.05, 3.63) is 47.2 Å². The molecule has 0 saturated heterocycles. The maximum Gasteiger partial charge on any atom is 0.251 e. The van der Waals surface area contributed by atoms with E-state index < -0.39 is 0 Å². The number of benzene rings is 1. The van der Waals surface area contributed by atoms with E-state index in [9.17, 15) is 4.79 Å². The number of hydrogen-bond donors (Lipinski definition) is 1. The Kier molecular flexibility index (Phi) is 6.51. The lowest BCUT2D eigenvalue weighted by Crippen LogP contribution is -2.26. The molecule has 0 aliphatic carbocycles. The summed E-state index contributed by atoms with van der Waals surface area (Å²) in [5.74, 6) is 2.23. The molecule has 158 valence electrons. The summed E-state index contributed by atoms with van der Waals surface area (Å²) in [5.41, 5.74) is 2.69. The second-order valence-electron chi connectivity index (χ2n) is 6.53. The van der Waals surface area contributed by atoms with Gasteiger partial charge in [-0.1, -0.05) is 5.16 Å². The van der Waals surface area contributed by atoms with Crippen molar-refractivity contribution >= 4 is 5.91 Å². The summed E-state index contributed by atoms with van der Waals surface area (Å²) >= 11 is 0. The molecule has 0 atom stereocenters. The van der Waals surface area contributed by atoms with Crippen molar-refractivity contribution < 1.29 is 23.5 Å². The Labute approximate surface area is 174 Å². The molecule has 0 radical (unpaired) electrons. The molecule has 9 heteroatoms. The Bertz CT molecular complexity index is 1020. The highest BCUT2D eigenvalue weighted by atomic mass is 16.5. The van der Waals surface area contributed by atoms with Crippen molar-refractivity contribution in [2.24, 2.45) is 0 Å². The highest BCUT2D eigenvalue weighted by molar-refractivity contribution is 5.95. The van der Waals surface area contributed by atoms with Gasteiger partial charge in [0, 0.05) is 30.8 Å². The Morgan fingerprint density at radius 2 is 1.77 bits per heavy atom. The van der Waals surface area contributed by atoms with Crippen LogP contribution >= 0.6 is 0 Å². The number of rotatable bonds is 8. The second kappa shape index (κ2) is 9.25. The van der Waals surface area contributed by atoms with Crippen LogP contribution in [0.4, 0.5) is 0 Å². The van der Waals surface area contributed by atoms with Gasteiger partial charge in [0.05, 0.1) is 38.3 Å². The van der Waals surface area contributed by atoms with Crippen LogP contribution in [0.1, 0.15) is 27.6 Å². The molecule has 2 aromatic heterocycles. The molecule has 0 bridgehead atoms. The monoisotopic (exact) mass is 412 g/mol. The number of nitrogens with zero attached hydrogens (tertiary/aromatic N) is 3. The fourth-order valence-corrected chi connectivity index (χ4v) is 3.01. The molecule has 0 unspecified atom stereocenters. The molecule has 1 N–H and O–H groups in total. The number of ether oxygens (including phenoxy) is 3. The largest absolute Gasteiger partial charge is 0.493 e. The summed E-state index contributed by atoms with van der Waals surface area (Å²) in [6, 6.07) is 5.04. The topological polar surface area (TPSA) is 109 Å². The molecule has 1 aromatic carbocycles. The Balaban J connectivity index is 1.74. The van der Waals surface area contributed by atoms with E-state index in [-0.39, 0.29) is 5.91 Å². The first kappa shape index (κ1) is 21.1. The molecular formula is C21H24N4O5. The summed E-state index contributed by atoms with van der Waals surface area (Å²) in [6.45, 7) is 4.03. The zero-order valence-corrected chi connectivity index (χ0v) is 17.6. The number of carbonyl (C=O) groups excluding carboxylic acids is 1. The summed E-state index contributed by atoms with van der Waals surface area (Å²) in [4.78, 5) is 21.4. The van der Waals surface area contributed by atoms with Crippen molar-refractivity contribution in [2.75, 3.05) is 27.9 Å². The lowest BCUT2D eigenvalue weighted by Gasteiger charge is -2.14. The number of methoxy groups -OCH3 is 3. The van der Waals surface area contributed by atoms with Gasteiger partial charge in [0.15, 0.2) is 17.3 Å². The van der Waals surface area contributed by atoms with Gasteiger partial charge in [0.25, 0.3) is 5.91 Å². The van der Waals surface area contributed by atoms with Gasteiger partial charge >= 0.3 is 0 Å². The van der Waals surface area contributed by atoms with Gasteiger partial charge in [-0.05, 0) is 26.0 Å². The van der Waals surface area contributed by atoms with Crippen molar-refractivity contribution in [3.63, 3.8) is 0 Å². The molecule has 0 saturated carbocycles. The van der Waals surface area contributed by atoms with E-state index >= 15 is 0 Å². The fraction of sp³-hybridized carbons (Fsp3) is 0.333. The average molecular weight is 412 g/mol. The molecule has 2 heterocycles. The van der Waals surface area contributed by atoms with Crippen LogP contribution in [0.25, 0.3) is 11.3 Å². The summed E-state index contributed by atoms with van der Waals surface area (Å²) < 4.78 is 21.2. The fourth-order valence-electron chi connectivity index (χ4n) is 3.01. The van der Waals surface area contributed by atoms with E-state index in [2.05, 4.69) is 20.4 Å². The normalized spacial score (nSPS) is 10.6. The van der Waals surface area contributed by atoms with Gasteiger partial charge in [0.2, 0.25) is 5.75 Å². The molecule has 3 aromatic rings. The maximum atomic E-state index is 12.7. The van der Waals surface area contributed by atoms with E-state index in [1.165, 1.54) is 21.3 Å². The third-order valence-corrected chi connectivity index (χ3v) is 4.46. The molecular weight excluding hydrogens is 388 g/mol. The van der Waals surface area contributed by atoms with Crippen LogP contribution < -0.4 is 19.5 Å². The number of nitrogens with one attached hydrogen (secondary N) is 1. The van der Waals surface area contributed by atoms with Crippen molar-refractivity contribution in [1.29, 1.82) is 0 Å². The predicted octanol–water partition coefficient (Wildman–Crippen LogP) is 2.75. The van der Waals surface area contributed by atoms with Gasteiger partial charge in [-0.3, -0.25) is 4.79 Å². The molecule has 1 amide bonds. The van der Waals surface area contributed by atoms with Gasteiger partial charge < -0.3 is 24.1 Å². The Morgan fingerprint density at radius 3 is 2.33 bits per heavy atom. The van der Waals surface area contributed by atoms with Crippen LogP contribution in [-0.2, 0) is 6.42 Å². The standard InChI is InChI=1S/C21H24N4O5/c1-12-8-17(30-25-12)15-11-23-13(2)24-16(15)6-7-22-21(26)14-9-18(27-3)20(29-5)19(10-14)28-4/h8-11H,6-7H2,1-5H3,(H,22,26). The van der Waals surface area contributed by atoms with Gasteiger partial charge in [0.1, 0.15) is 5.82 Å². The van der Waals surface area contributed by atoms with E-state index in [1.807, 2.05) is 19.9 Å². The van der Waals surface area contributed by atoms with E-state index in [0.29, 0.717) is 47.4 Å². The highest BCUT2D eigenvalue weighted by Crippen LogP contribution is 2.38. The van der Waals surface area contributed by atoms with Crippen LogP contribution in [0.2, 0.25) is 0 Å².